The lowest BCUT2D eigenvalue weighted by molar-refractivity contribution is -0.387. The highest BCUT2D eigenvalue weighted by molar-refractivity contribution is 7.99. The van der Waals surface area contributed by atoms with Crippen LogP contribution in [-0.4, -0.2) is 39.0 Å². The van der Waals surface area contributed by atoms with Crippen molar-refractivity contribution in [1.82, 2.24) is 5.32 Å². The number of nitro benzene ring substituents is 1. The highest BCUT2D eigenvalue weighted by Crippen LogP contribution is 2.29. The van der Waals surface area contributed by atoms with Crippen LogP contribution in [-0.2, 0) is 4.79 Å². The zero-order valence-electron chi connectivity index (χ0n) is 10.7. The predicted octanol–water partition coefficient (Wildman–Crippen LogP) is 1.42. The summed E-state index contributed by atoms with van der Waals surface area (Å²) in [4.78, 5) is 32.9. The number of nitrogens with one attached hydrogen (secondary N) is 1. The van der Waals surface area contributed by atoms with E-state index in [9.17, 15) is 29.2 Å². The molecule has 1 amide bonds. The van der Waals surface area contributed by atoms with Crippen LogP contribution in [0.3, 0.4) is 0 Å². The van der Waals surface area contributed by atoms with Crippen molar-refractivity contribution >= 4 is 29.3 Å². The van der Waals surface area contributed by atoms with Gasteiger partial charge in [0.15, 0.2) is 0 Å². The number of carbonyl (C=O) groups is 2. The van der Waals surface area contributed by atoms with Gasteiger partial charge in [0.05, 0.1) is 4.92 Å². The minimum absolute atomic E-state index is 0.157. The fourth-order valence-corrected chi connectivity index (χ4v) is 3.30. The number of hydrogen-bond acceptors (Lipinski definition) is 5. The quantitative estimate of drug-likeness (QED) is 0.642. The van der Waals surface area contributed by atoms with Crippen LogP contribution >= 0.6 is 11.8 Å². The number of carboxylic acid groups (broad SMARTS) is 1. The van der Waals surface area contributed by atoms with Crippen molar-refractivity contribution in [2.24, 2.45) is 0 Å². The SMILES string of the molecule is O=C(NC1(C(=O)O)CCSC1)c1ccc([N+](=O)[O-])c(F)c1. The number of rotatable bonds is 4. The second-order valence-corrected chi connectivity index (χ2v) is 5.67. The van der Waals surface area contributed by atoms with Gasteiger partial charge in [-0.1, -0.05) is 0 Å². The van der Waals surface area contributed by atoms with E-state index in [1.165, 1.54) is 11.8 Å². The van der Waals surface area contributed by atoms with Gasteiger partial charge in [-0.2, -0.15) is 16.2 Å². The van der Waals surface area contributed by atoms with Gasteiger partial charge in [0.25, 0.3) is 5.91 Å². The minimum Gasteiger partial charge on any atom is -0.479 e. The molecule has 0 aliphatic carbocycles. The molecule has 0 bridgehead atoms. The van der Waals surface area contributed by atoms with Crippen LogP contribution < -0.4 is 5.32 Å². The van der Waals surface area contributed by atoms with E-state index in [1.54, 1.807) is 0 Å². The van der Waals surface area contributed by atoms with Gasteiger partial charge in [0.2, 0.25) is 5.82 Å². The third-order valence-electron chi connectivity index (χ3n) is 3.19. The lowest BCUT2D eigenvalue weighted by Gasteiger charge is -2.24. The summed E-state index contributed by atoms with van der Waals surface area (Å²) in [7, 11) is 0. The van der Waals surface area contributed by atoms with Gasteiger partial charge in [-0.15, -0.1) is 0 Å². The first kappa shape index (κ1) is 15.2. The van der Waals surface area contributed by atoms with Crippen molar-refractivity contribution in [1.29, 1.82) is 0 Å². The van der Waals surface area contributed by atoms with Gasteiger partial charge >= 0.3 is 11.7 Å². The van der Waals surface area contributed by atoms with Gasteiger partial charge < -0.3 is 10.4 Å². The molecule has 0 spiro atoms. The highest BCUT2D eigenvalue weighted by Gasteiger charge is 2.43. The molecule has 21 heavy (non-hydrogen) atoms. The number of nitro groups is 1. The standard InChI is InChI=1S/C12H11FN2O5S/c13-8-5-7(1-2-9(8)15(19)20)10(16)14-12(11(17)18)3-4-21-6-12/h1-2,5H,3-4,6H2,(H,14,16)(H,17,18). The average Bonchev–Trinajstić information content (AvgIpc) is 2.88. The van der Waals surface area contributed by atoms with E-state index in [1.807, 2.05) is 0 Å². The first-order chi connectivity index (χ1) is 9.85. The summed E-state index contributed by atoms with van der Waals surface area (Å²) in [6.45, 7) is 0. The topological polar surface area (TPSA) is 110 Å². The summed E-state index contributed by atoms with van der Waals surface area (Å²) in [6, 6.07) is 2.69. The summed E-state index contributed by atoms with van der Waals surface area (Å²) >= 11 is 1.40. The molecule has 1 atom stereocenters. The van der Waals surface area contributed by atoms with Gasteiger partial charge in [-0.25, -0.2) is 4.79 Å². The van der Waals surface area contributed by atoms with Crippen molar-refractivity contribution in [2.45, 2.75) is 12.0 Å². The Morgan fingerprint density at radius 2 is 2.19 bits per heavy atom. The lowest BCUT2D eigenvalue weighted by Crippen LogP contribution is -2.54. The van der Waals surface area contributed by atoms with Crippen LogP contribution in [0.2, 0.25) is 0 Å². The molecule has 2 rings (SSSR count). The molecule has 1 aliphatic heterocycles. The number of carbonyl (C=O) groups excluding carboxylic acids is 1. The van der Waals surface area contributed by atoms with E-state index in [0.29, 0.717) is 5.75 Å². The molecule has 0 radical (unpaired) electrons. The Hall–Kier alpha value is -2.16. The summed E-state index contributed by atoms with van der Waals surface area (Å²) < 4.78 is 13.5. The fourth-order valence-electron chi connectivity index (χ4n) is 1.97. The molecule has 2 N–H and O–H groups in total. The summed E-state index contributed by atoms with van der Waals surface area (Å²) in [6.07, 6.45) is 0.272. The third kappa shape index (κ3) is 2.97. The van der Waals surface area contributed by atoms with Crippen molar-refractivity contribution in [2.75, 3.05) is 11.5 Å². The van der Waals surface area contributed by atoms with Crippen LogP contribution in [0.5, 0.6) is 0 Å². The number of thioether (sulfide) groups is 1. The predicted molar refractivity (Wildman–Crippen MR) is 72.8 cm³/mol. The second-order valence-electron chi connectivity index (χ2n) is 4.57. The number of halogens is 1. The molecule has 9 heteroatoms. The minimum atomic E-state index is -1.37. The maximum absolute atomic E-state index is 13.5. The molecule has 7 nitrogen and oxygen atoms in total. The molecule has 0 aromatic heterocycles. The van der Waals surface area contributed by atoms with E-state index < -0.39 is 33.8 Å². The Labute approximate surface area is 122 Å². The lowest BCUT2D eigenvalue weighted by atomic mass is 9.98. The zero-order chi connectivity index (χ0) is 15.6. The Bertz CT molecular complexity index is 616. The Morgan fingerprint density at radius 1 is 1.48 bits per heavy atom. The van der Waals surface area contributed by atoms with E-state index >= 15 is 0 Å². The van der Waals surface area contributed by atoms with E-state index in [4.69, 9.17) is 0 Å². The van der Waals surface area contributed by atoms with E-state index in [-0.39, 0.29) is 17.7 Å². The largest absolute Gasteiger partial charge is 0.479 e. The highest BCUT2D eigenvalue weighted by atomic mass is 32.2. The van der Waals surface area contributed by atoms with Gasteiger partial charge in [-0.05, 0) is 24.3 Å². The average molecular weight is 314 g/mol. The van der Waals surface area contributed by atoms with Crippen molar-refractivity contribution in [3.8, 4) is 0 Å². The molecule has 1 aromatic rings. The van der Waals surface area contributed by atoms with Crippen molar-refractivity contribution in [3.63, 3.8) is 0 Å². The van der Waals surface area contributed by atoms with Crippen LogP contribution in [0.1, 0.15) is 16.8 Å². The summed E-state index contributed by atoms with van der Waals surface area (Å²) in [5, 5.41) is 22.1. The van der Waals surface area contributed by atoms with E-state index in [2.05, 4.69) is 5.32 Å². The molecule has 1 saturated heterocycles. The number of hydrogen-bond donors (Lipinski definition) is 2. The normalized spacial score (nSPS) is 21.0. The van der Waals surface area contributed by atoms with Crippen LogP contribution in [0.4, 0.5) is 10.1 Å². The second kappa shape index (κ2) is 5.68. The number of benzene rings is 1. The molecule has 0 saturated carbocycles. The number of aliphatic carboxylic acids is 1. The maximum atomic E-state index is 13.5. The molecule has 1 heterocycles. The Morgan fingerprint density at radius 3 is 2.67 bits per heavy atom. The molecule has 1 unspecified atom stereocenters. The summed E-state index contributed by atoms with van der Waals surface area (Å²) in [5.74, 6) is -2.24. The fraction of sp³-hybridized carbons (Fsp3) is 0.333. The Kier molecular flexibility index (Phi) is 4.12. The summed E-state index contributed by atoms with van der Waals surface area (Å²) in [5.41, 5.74) is -2.27. The number of carboxylic acids is 1. The van der Waals surface area contributed by atoms with Crippen molar-refractivity contribution in [3.05, 3.63) is 39.7 Å². The molecule has 112 valence electrons. The van der Waals surface area contributed by atoms with Gasteiger partial charge in [0, 0.05) is 17.4 Å². The van der Waals surface area contributed by atoms with Crippen molar-refractivity contribution < 1.29 is 24.0 Å². The van der Waals surface area contributed by atoms with E-state index in [0.717, 1.165) is 18.2 Å². The zero-order valence-corrected chi connectivity index (χ0v) is 11.5. The smallest absolute Gasteiger partial charge is 0.330 e. The molecule has 1 fully saturated rings. The third-order valence-corrected chi connectivity index (χ3v) is 4.38. The maximum Gasteiger partial charge on any atom is 0.330 e. The first-order valence-electron chi connectivity index (χ1n) is 5.93. The molecule has 1 aromatic carbocycles. The van der Waals surface area contributed by atoms with Crippen LogP contribution in [0.25, 0.3) is 0 Å². The number of amides is 1. The monoisotopic (exact) mass is 314 g/mol. The Balaban J connectivity index is 2.22. The molecular formula is C12H11FN2O5S. The number of nitrogens with zero attached hydrogens (tertiary/aromatic N) is 1. The van der Waals surface area contributed by atoms with Gasteiger partial charge in [0.1, 0.15) is 5.54 Å². The molecular weight excluding hydrogens is 303 g/mol. The van der Waals surface area contributed by atoms with Crippen LogP contribution in [0, 0.1) is 15.9 Å². The first-order valence-corrected chi connectivity index (χ1v) is 7.09. The molecule has 1 aliphatic rings. The van der Waals surface area contributed by atoms with Crippen LogP contribution in [0.15, 0.2) is 18.2 Å². The van der Waals surface area contributed by atoms with Gasteiger partial charge in [-0.3, -0.25) is 14.9 Å².